The molecule has 5 nitrogen and oxygen atoms in total. The highest BCUT2D eigenvalue weighted by Gasteiger charge is 2.28. The van der Waals surface area contributed by atoms with Crippen LogP contribution in [0, 0.1) is 24.0 Å². The smallest absolute Gasteiger partial charge is 0.146 e. The molecule has 0 amide bonds. The van der Waals surface area contributed by atoms with Crippen LogP contribution in [-0.2, 0) is 6.42 Å². The van der Waals surface area contributed by atoms with Crippen molar-refractivity contribution in [2.24, 2.45) is 0 Å². The Morgan fingerprint density at radius 3 is 2.71 bits per heavy atom. The molecule has 3 heterocycles. The van der Waals surface area contributed by atoms with Gasteiger partial charge in [0.25, 0.3) is 0 Å². The van der Waals surface area contributed by atoms with Gasteiger partial charge < -0.3 is 10.3 Å². The van der Waals surface area contributed by atoms with Gasteiger partial charge in [-0.2, -0.15) is 0 Å². The van der Waals surface area contributed by atoms with Crippen LogP contribution >= 0.6 is 0 Å². The number of nitrogen functional groups attached to an aromatic ring is 1. The quantitative estimate of drug-likeness (QED) is 0.371. The Labute approximate surface area is 194 Å². The van der Waals surface area contributed by atoms with Gasteiger partial charge in [0.1, 0.15) is 29.4 Å². The Hall–Kier alpha value is -4.31. The van der Waals surface area contributed by atoms with Crippen LogP contribution in [-0.4, -0.2) is 19.5 Å². The number of anilines is 1. The lowest BCUT2D eigenvalue weighted by molar-refractivity contribution is 0.625. The van der Waals surface area contributed by atoms with E-state index in [0.29, 0.717) is 62.4 Å². The van der Waals surface area contributed by atoms with E-state index in [0.717, 1.165) is 18.5 Å². The lowest BCUT2D eigenvalue weighted by Gasteiger charge is -2.09. The van der Waals surface area contributed by atoms with E-state index in [1.165, 1.54) is 24.7 Å². The molecule has 0 aliphatic heterocycles. The first-order valence-electron chi connectivity index (χ1n) is 11.0. The molecule has 0 spiro atoms. The van der Waals surface area contributed by atoms with Crippen molar-refractivity contribution in [3.8, 4) is 23.5 Å². The number of nitrogens with zero attached hydrogens (tertiary/aromatic N) is 4. The molecule has 1 aliphatic rings. The Morgan fingerprint density at radius 2 is 1.91 bits per heavy atom. The first-order chi connectivity index (χ1) is 16.5. The summed E-state index contributed by atoms with van der Waals surface area (Å²) in [5, 5.41) is 1.76. The molecule has 0 atom stereocenters. The molecule has 6 rings (SSSR count). The fourth-order valence-electron chi connectivity index (χ4n) is 4.52. The molecule has 0 saturated heterocycles. The van der Waals surface area contributed by atoms with E-state index in [4.69, 9.17) is 12.2 Å². The zero-order chi connectivity index (χ0) is 23.4. The Kier molecular flexibility index (Phi) is 4.56. The summed E-state index contributed by atoms with van der Waals surface area (Å²) in [6, 6.07) is 10.3. The third kappa shape index (κ3) is 3.35. The summed E-state index contributed by atoms with van der Waals surface area (Å²) in [4.78, 5) is 13.0. The third-order valence-electron chi connectivity index (χ3n) is 6.27. The molecule has 5 aromatic rings. The van der Waals surface area contributed by atoms with Gasteiger partial charge in [0.15, 0.2) is 0 Å². The Bertz CT molecular complexity index is 1640. The predicted octanol–water partition coefficient (Wildman–Crippen LogP) is 5.41. The van der Waals surface area contributed by atoms with Crippen LogP contribution in [0.25, 0.3) is 32.9 Å². The van der Waals surface area contributed by atoms with E-state index in [1.54, 1.807) is 12.1 Å². The zero-order valence-corrected chi connectivity index (χ0v) is 18.1. The van der Waals surface area contributed by atoms with E-state index >= 15 is 4.39 Å². The first-order valence-corrected chi connectivity index (χ1v) is 11.0. The molecule has 7 heteroatoms. The van der Waals surface area contributed by atoms with E-state index in [9.17, 15) is 4.39 Å². The Balaban J connectivity index is 1.43. The highest BCUT2D eigenvalue weighted by molar-refractivity contribution is 6.02. The Morgan fingerprint density at radius 1 is 1.06 bits per heavy atom. The number of rotatable bonds is 4. The van der Waals surface area contributed by atoms with Gasteiger partial charge in [-0.15, -0.1) is 6.42 Å². The molecular formula is C27H19F2N5. The van der Waals surface area contributed by atoms with Gasteiger partial charge in [0, 0.05) is 52.6 Å². The fraction of sp³-hybridized carbons (Fsp3) is 0.148. The highest BCUT2D eigenvalue weighted by Crippen LogP contribution is 2.43. The highest BCUT2D eigenvalue weighted by atomic mass is 19.1. The summed E-state index contributed by atoms with van der Waals surface area (Å²) in [7, 11) is 0. The number of halogens is 2. The number of hydrogen-bond acceptors (Lipinski definition) is 4. The van der Waals surface area contributed by atoms with Gasteiger partial charge in [-0.05, 0) is 48.1 Å². The SMILES string of the molecule is C#Cc1cc(F)cc(Cc2cc3ccc(-c4cn(C5CC5)c5ncnc(N)c45)c(F)c3cn2)c1. The van der Waals surface area contributed by atoms with Gasteiger partial charge in [-0.1, -0.05) is 18.1 Å². The number of benzene rings is 2. The zero-order valence-electron chi connectivity index (χ0n) is 18.1. The van der Waals surface area contributed by atoms with Crippen LogP contribution in [0.1, 0.15) is 35.7 Å². The second kappa shape index (κ2) is 7.63. The van der Waals surface area contributed by atoms with Crippen molar-refractivity contribution < 1.29 is 8.78 Å². The summed E-state index contributed by atoms with van der Waals surface area (Å²) in [6.45, 7) is 0. The number of fused-ring (bicyclic) bond motifs is 2. The lowest BCUT2D eigenvalue weighted by Crippen LogP contribution is -1.97. The van der Waals surface area contributed by atoms with Crippen LogP contribution in [0.5, 0.6) is 0 Å². The molecule has 3 aromatic heterocycles. The molecule has 166 valence electrons. The average Bonchev–Trinajstić information content (AvgIpc) is 3.59. The van der Waals surface area contributed by atoms with Gasteiger partial charge in [-0.25, -0.2) is 18.7 Å². The van der Waals surface area contributed by atoms with Crippen LogP contribution in [0.4, 0.5) is 14.6 Å². The lowest BCUT2D eigenvalue weighted by atomic mass is 10.00. The fourth-order valence-corrected chi connectivity index (χ4v) is 4.52. The molecule has 1 fully saturated rings. The average molecular weight is 451 g/mol. The standard InChI is InChI=1S/C27H19F2N5/c1-2-15-7-16(9-18(28)8-15)10-19-11-17-3-6-21(25(29)22(17)12-31-19)23-13-34(20-4-5-20)27-24(23)26(30)32-14-33-27/h1,3,6-9,11-14,20H,4-5,10H2,(H2,30,32,33). The molecule has 1 aliphatic carbocycles. The van der Waals surface area contributed by atoms with Crippen molar-refractivity contribution >= 4 is 27.6 Å². The van der Waals surface area contributed by atoms with Gasteiger partial charge >= 0.3 is 0 Å². The molecular weight excluding hydrogens is 432 g/mol. The van der Waals surface area contributed by atoms with Crippen molar-refractivity contribution in [2.45, 2.75) is 25.3 Å². The van der Waals surface area contributed by atoms with E-state index in [1.807, 2.05) is 18.3 Å². The van der Waals surface area contributed by atoms with Crippen molar-refractivity contribution in [1.82, 2.24) is 19.5 Å². The van der Waals surface area contributed by atoms with Crippen LogP contribution in [0.15, 0.2) is 55.1 Å². The molecule has 2 N–H and O–H groups in total. The minimum absolute atomic E-state index is 0.328. The molecule has 0 radical (unpaired) electrons. The predicted molar refractivity (Wildman–Crippen MR) is 128 cm³/mol. The van der Waals surface area contributed by atoms with Crippen molar-refractivity contribution in [1.29, 1.82) is 0 Å². The maximum absolute atomic E-state index is 15.7. The normalized spacial score (nSPS) is 13.4. The maximum Gasteiger partial charge on any atom is 0.146 e. The summed E-state index contributed by atoms with van der Waals surface area (Å²) in [5.41, 5.74) is 9.87. The van der Waals surface area contributed by atoms with Crippen molar-refractivity contribution in [2.75, 3.05) is 5.73 Å². The summed E-state index contributed by atoms with van der Waals surface area (Å²) >= 11 is 0. The first kappa shape index (κ1) is 20.3. The largest absolute Gasteiger partial charge is 0.383 e. The molecule has 0 bridgehead atoms. The summed E-state index contributed by atoms with van der Waals surface area (Å²) in [6.07, 6.45) is 12.8. The minimum Gasteiger partial charge on any atom is -0.383 e. The number of pyridine rings is 1. The number of nitrogens with two attached hydrogens (primary N) is 1. The third-order valence-corrected chi connectivity index (χ3v) is 6.27. The maximum atomic E-state index is 15.7. The van der Waals surface area contributed by atoms with Crippen molar-refractivity contribution in [3.63, 3.8) is 0 Å². The van der Waals surface area contributed by atoms with Crippen LogP contribution < -0.4 is 5.73 Å². The van der Waals surface area contributed by atoms with Gasteiger partial charge in [-0.3, -0.25) is 4.98 Å². The van der Waals surface area contributed by atoms with E-state index in [-0.39, 0.29) is 5.82 Å². The summed E-state index contributed by atoms with van der Waals surface area (Å²) in [5.74, 6) is 2.01. The van der Waals surface area contributed by atoms with Gasteiger partial charge in [0.2, 0.25) is 0 Å². The van der Waals surface area contributed by atoms with E-state index in [2.05, 4.69) is 25.4 Å². The topological polar surface area (TPSA) is 69.6 Å². The number of terminal acetylenes is 1. The van der Waals surface area contributed by atoms with Crippen LogP contribution in [0.3, 0.4) is 0 Å². The van der Waals surface area contributed by atoms with E-state index < -0.39 is 5.82 Å². The molecule has 0 unspecified atom stereocenters. The van der Waals surface area contributed by atoms with Crippen molar-refractivity contribution in [3.05, 3.63) is 83.6 Å². The minimum atomic E-state index is -0.393. The second-order valence-electron chi connectivity index (χ2n) is 8.63. The number of hydrogen-bond donors (Lipinski definition) is 1. The molecule has 1 saturated carbocycles. The summed E-state index contributed by atoms with van der Waals surface area (Å²) < 4.78 is 31.7. The van der Waals surface area contributed by atoms with Crippen LogP contribution in [0.2, 0.25) is 0 Å². The van der Waals surface area contributed by atoms with Gasteiger partial charge in [0.05, 0.1) is 5.39 Å². The second-order valence-corrected chi connectivity index (χ2v) is 8.63. The molecule has 2 aromatic carbocycles. The molecule has 34 heavy (non-hydrogen) atoms. The monoisotopic (exact) mass is 451 g/mol. The number of aromatic nitrogens is 4.